The van der Waals surface area contributed by atoms with E-state index < -0.39 is 0 Å². The lowest BCUT2D eigenvalue weighted by Crippen LogP contribution is -1.98. The molecular formula is C27H37N3O. The van der Waals surface area contributed by atoms with Crippen LogP contribution in [0, 0.1) is 13.8 Å². The molecule has 0 aliphatic carbocycles. The molecule has 3 aromatic rings. The molecule has 31 heavy (non-hydrogen) atoms. The normalized spacial score (nSPS) is 11.3. The second kappa shape index (κ2) is 9.59. The van der Waals surface area contributed by atoms with Crippen molar-refractivity contribution in [3.05, 3.63) is 74.1 Å². The summed E-state index contributed by atoms with van der Waals surface area (Å²) in [6.45, 7) is 17.0. The standard InChI is InChI=1S/C27H37N3O/c1-8-18-16(6)22(12-5)28-23(18)13-25-20(10-3)21(11-4)26(29-25)14-24-19(9-2)17(7)27(15-31)30-24/h12,15,28-30H,5,8-11,13-14H2,1-4,6-7H3. The molecule has 0 amide bonds. The quantitative estimate of drug-likeness (QED) is 0.338. The minimum atomic E-state index is 0.707. The fraction of sp³-hybridized carbons (Fsp3) is 0.444. The molecule has 0 saturated carbocycles. The molecule has 0 aliphatic heterocycles. The minimum absolute atomic E-state index is 0.707. The molecule has 4 heteroatoms. The molecule has 0 unspecified atom stereocenters. The van der Waals surface area contributed by atoms with Gasteiger partial charge in [0.15, 0.2) is 6.29 Å². The van der Waals surface area contributed by atoms with Crippen LogP contribution in [0.4, 0.5) is 0 Å². The fourth-order valence-electron chi connectivity index (χ4n) is 5.23. The van der Waals surface area contributed by atoms with Gasteiger partial charge in [0, 0.05) is 41.3 Å². The van der Waals surface area contributed by atoms with Gasteiger partial charge in [0.25, 0.3) is 0 Å². The number of carbonyl (C=O) groups is 1. The first kappa shape index (κ1) is 22.9. The van der Waals surface area contributed by atoms with E-state index in [0.717, 1.165) is 61.8 Å². The third-order valence-electron chi connectivity index (χ3n) is 6.85. The molecular weight excluding hydrogens is 382 g/mol. The van der Waals surface area contributed by atoms with Gasteiger partial charge >= 0.3 is 0 Å². The van der Waals surface area contributed by atoms with E-state index >= 15 is 0 Å². The number of aldehydes is 1. The molecule has 0 aromatic carbocycles. The van der Waals surface area contributed by atoms with Crippen LogP contribution in [-0.4, -0.2) is 21.2 Å². The highest BCUT2D eigenvalue weighted by molar-refractivity contribution is 5.76. The van der Waals surface area contributed by atoms with Gasteiger partial charge in [-0.15, -0.1) is 0 Å². The Bertz CT molecular complexity index is 1010. The molecule has 3 aromatic heterocycles. The van der Waals surface area contributed by atoms with E-state index in [9.17, 15) is 4.79 Å². The molecule has 0 spiro atoms. The van der Waals surface area contributed by atoms with Crippen molar-refractivity contribution in [2.45, 2.75) is 80.1 Å². The summed E-state index contributed by atoms with van der Waals surface area (Å²) in [5.41, 5.74) is 14.8. The van der Waals surface area contributed by atoms with Crippen LogP contribution < -0.4 is 0 Å². The zero-order valence-corrected chi connectivity index (χ0v) is 20.0. The Balaban J connectivity index is 2.04. The number of hydrogen-bond acceptors (Lipinski definition) is 1. The van der Waals surface area contributed by atoms with Gasteiger partial charge < -0.3 is 15.0 Å². The van der Waals surface area contributed by atoms with Crippen molar-refractivity contribution in [3.63, 3.8) is 0 Å². The summed E-state index contributed by atoms with van der Waals surface area (Å²) in [5.74, 6) is 0. The maximum atomic E-state index is 11.5. The summed E-state index contributed by atoms with van der Waals surface area (Å²) < 4.78 is 0. The highest BCUT2D eigenvalue weighted by atomic mass is 16.1. The minimum Gasteiger partial charge on any atom is -0.361 e. The highest BCUT2D eigenvalue weighted by Crippen LogP contribution is 2.29. The van der Waals surface area contributed by atoms with Crippen LogP contribution in [-0.2, 0) is 38.5 Å². The third kappa shape index (κ3) is 4.08. The number of carbonyl (C=O) groups excluding carboxylic acids is 1. The molecule has 0 atom stereocenters. The van der Waals surface area contributed by atoms with Gasteiger partial charge in [-0.1, -0.05) is 34.3 Å². The van der Waals surface area contributed by atoms with Crippen molar-refractivity contribution in [1.29, 1.82) is 0 Å². The van der Waals surface area contributed by atoms with Crippen LogP contribution in [0.25, 0.3) is 6.08 Å². The Morgan fingerprint density at radius 3 is 1.42 bits per heavy atom. The van der Waals surface area contributed by atoms with Crippen molar-refractivity contribution < 1.29 is 4.79 Å². The van der Waals surface area contributed by atoms with Crippen LogP contribution in [0.15, 0.2) is 6.58 Å². The Hall–Kier alpha value is -2.75. The SMILES string of the molecule is C=Cc1[nH]c(Cc2[nH]c(Cc3[nH]c(C=O)c(C)c3CC)c(CC)c2CC)c(CC)c1C. The van der Waals surface area contributed by atoms with Crippen molar-refractivity contribution in [1.82, 2.24) is 15.0 Å². The van der Waals surface area contributed by atoms with E-state index in [1.165, 1.54) is 44.9 Å². The molecule has 166 valence electrons. The number of aromatic nitrogens is 3. The predicted octanol–water partition coefficient (Wildman–Crippen LogP) is 6.17. The smallest absolute Gasteiger partial charge is 0.166 e. The maximum Gasteiger partial charge on any atom is 0.166 e. The average Bonchev–Trinajstić information content (AvgIpc) is 3.37. The monoisotopic (exact) mass is 419 g/mol. The van der Waals surface area contributed by atoms with Gasteiger partial charge in [0.05, 0.1) is 5.69 Å². The van der Waals surface area contributed by atoms with E-state index in [0.29, 0.717) is 5.69 Å². The van der Waals surface area contributed by atoms with Gasteiger partial charge in [-0.3, -0.25) is 4.79 Å². The highest BCUT2D eigenvalue weighted by Gasteiger charge is 2.20. The summed E-state index contributed by atoms with van der Waals surface area (Å²) in [6, 6.07) is 0. The summed E-state index contributed by atoms with van der Waals surface area (Å²) in [6.07, 6.45) is 8.47. The Morgan fingerprint density at radius 2 is 1.03 bits per heavy atom. The number of hydrogen-bond donors (Lipinski definition) is 3. The second-order valence-corrected chi connectivity index (χ2v) is 8.37. The third-order valence-corrected chi connectivity index (χ3v) is 6.85. The molecule has 3 rings (SSSR count). The predicted molar refractivity (Wildman–Crippen MR) is 130 cm³/mol. The zero-order valence-electron chi connectivity index (χ0n) is 20.0. The first-order chi connectivity index (χ1) is 14.9. The largest absolute Gasteiger partial charge is 0.361 e. The van der Waals surface area contributed by atoms with Crippen molar-refractivity contribution in [2.24, 2.45) is 0 Å². The lowest BCUT2D eigenvalue weighted by Gasteiger charge is -2.06. The van der Waals surface area contributed by atoms with Gasteiger partial charge in [-0.05, 0) is 79.0 Å². The van der Waals surface area contributed by atoms with Crippen molar-refractivity contribution in [2.75, 3.05) is 0 Å². The van der Waals surface area contributed by atoms with Crippen LogP contribution in [0.2, 0.25) is 0 Å². The van der Waals surface area contributed by atoms with Gasteiger partial charge in [-0.2, -0.15) is 0 Å². The molecule has 0 fully saturated rings. The summed E-state index contributed by atoms with van der Waals surface area (Å²) >= 11 is 0. The van der Waals surface area contributed by atoms with Crippen LogP contribution in [0.5, 0.6) is 0 Å². The number of H-pyrrole nitrogens is 3. The van der Waals surface area contributed by atoms with Crippen LogP contribution in [0.3, 0.4) is 0 Å². The molecule has 0 saturated heterocycles. The van der Waals surface area contributed by atoms with E-state index in [4.69, 9.17) is 0 Å². The Labute approximate surface area is 186 Å². The number of aromatic amines is 3. The molecule has 0 radical (unpaired) electrons. The molecule has 3 N–H and O–H groups in total. The van der Waals surface area contributed by atoms with E-state index in [1.807, 2.05) is 13.0 Å². The lowest BCUT2D eigenvalue weighted by atomic mass is 9.98. The van der Waals surface area contributed by atoms with Gasteiger partial charge in [0.2, 0.25) is 0 Å². The zero-order chi connectivity index (χ0) is 22.7. The molecule has 0 aliphatic rings. The topological polar surface area (TPSA) is 64.4 Å². The number of nitrogens with one attached hydrogen (secondary N) is 3. The average molecular weight is 420 g/mol. The summed E-state index contributed by atoms with van der Waals surface area (Å²) in [4.78, 5) is 22.2. The lowest BCUT2D eigenvalue weighted by molar-refractivity contribution is 0.111. The molecule has 3 heterocycles. The van der Waals surface area contributed by atoms with Crippen molar-refractivity contribution >= 4 is 12.4 Å². The molecule has 4 nitrogen and oxygen atoms in total. The van der Waals surface area contributed by atoms with E-state index in [1.54, 1.807) is 0 Å². The summed E-state index contributed by atoms with van der Waals surface area (Å²) in [7, 11) is 0. The van der Waals surface area contributed by atoms with E-state index in [-0.39, 0.29) is 0 Å². The first-order valence-corrected chi connectivity index (χ1v) is 11.6. The molecule has 0 bridgehead atoms. The maximum absolute atomic E-state index is 11.5. The van der Waals surface area contributed by atoms with Crippen molar-refractivity contribution in [3.8, 4) is 0 Å². The first-order valence-electron chi connectivity index (χ1n) is 11.6. The number of rotatable bonds is 10. The second-order valence-electron chi connectivity index (χ2n) is 8.37. The Kier molecular flexibility index (Phi) is 7.09. The Morgan fingerprint density at radius 1 is 0.645 bits per heavy atom. The van der Waals surface area contributed by atoms with Gasteiger partial charge in [-0.25, -0.2) is 0 Å². The van der Waals surface area contributed by atoms with Crippen LogP contribution >= 0.6 is 0 Å². The summed E-state index contributed by atoms with van der Waals surface area (Å²) in [5, 5.41) is 0. The van der Waals surface area contributed by atoms with Gasteiger partial charge in [0.1, 0.15) is 0 Å². The van der Waals surface area contributed by atoms with E-state index in [2.05, 4.69) is 56.1 Å². The van der Waals surface area contributed by atoms with Crippen LogP contribution in [0.1, 0.15) is 100 Å². The fourth-order valence-corrected chi connectivity index (χ4v) is 5.23.